The van der Waals surface area contributed by atoms with Crippen molar-refractivity contribution in [3.8, 4) is 0 Å². The predicted octanol–water partition coefficient (Wildman–Crippen LogP) is 2.99. The Hall–Kier alpha value is -2.25. The van der Waals surface area contributed by atoms with Gasteiger partial charge in [-0.1, -0.05) is 22.0 Å². The summed E-state index contributed by atoms with van der Waals surface area (Å²) in [6, 6.07) is 7.01. The molecule has 0 aliphatic rings. The number of nitrogens with zero attached hydrogens (tertiary/aromatic N) is 2. The van der Waals surface area contributed by atoms with Crippen molar-refractivity contribution < 1.29 is 4.79 Å². The molecule has 1 aromatic carbocycles. The minimum absolute atomic E-state index is 0.0998. The summed E-state index contributed by atoms with van der Waals surface area (Å²) in [5.74, 6) is -0.203. The summed E-state index contributed by atoms with van der Waals surface area (Å²) in [5, 5.41) is 10.3. The maximum Gasteiger partial charge on any atom is 0.255 e. The van der Waals surface area contributed by atoms with Crippen molar-refractivity contribution in [1.82, 2.24) is 15.2 Å². The van der Waals surface area contributed by atoms with Crippen LogP contribution in [0.2, 0.25) is 0 Å². The van der Waals surface area contributed by atoms with Crippen LogP contribution in [0.1, 0.15) is 28.9 Å². The Balaban J connectivity index is 1.89. The molecule has 0 aliphatic heterocycles. The Morgan fingerprint density at radius 2 is 2.23 bits per heavy atom. The molecule has 0 radical (unpaired) electrons. The van der Waals surface area contributed by atoms with E-state index in [1.165, 1.54) is 0 Å². The summed E-state index contributed by atoms with van der Waals surface area (Å²) in [6.45, 7) is 1.90. The van der Waals surface area contributed by atoms with Gasteiger partial charge in [-0.2, -0.15) is 5.10 Å². The number of carbonyl (C=O) groups is 1. The summed E-state index contributed by atoms with van der Waals surface area (Å²) >= 11 is 3.45. The number of carbonyl (C=O) groups excluding carboxylic acids is 1. The Morgan fingerprint density at radius 3 is 2.95 bits per heavy atom. The minimum Gasteiger partial charge on any atom is -0.324 e. The number of pyridine rings is 1. The smallest absolute Gasteiger partial charge is 0.255 e. The van der Waals surface area contributed by atoms with Gasteiger partial charge >= 0.3 is 0 Å². The Labute approximate surface area is 135 Å². The van der Waals surface area contributed by atoms with E-state index in [1.807, 2.05) is 13.0 Å². The van der Waals surface area contributed by atoms with Crippen LogP contribution in [0.3, 0.4) is 0 Å². The number of hydrogen-bond acceptors (Lipinski definition) is 4. The van der Waals surface area contributed by atoms with E-state index in [4.69, 9.17) is 5.73 Å². The van der Waals surface area contributed by atoms with Crippen molar-refractivity contribution in [2.45, 2.75) is 13.0 Å². The first-order valence-electron chi connectivity index (χ1n) is 6.70. The Kier molecular flexibility index (Phi) is 3.91. The van der Waals surface area contributed by atoms with Gasteiger partial charge in [0.25, 0.3) is 5.91 Å². The second-order valence-corrected chi connectivity index (χ2v) is 5.82. The van der Waals surface area contributed by atoms with Crippen molar-refractivity contribution in [3.63, 3.8) is 0 Å². The zero-order chi connectivity index (χ0) is 15.7. The number of rotatable bonds is 3. The third kappa shape index (κ3) is 2.72. The maximum absolute atomic E-state index is 12.4. The van der Waals surface area contributed by atoms with Gasteiger partial charge in [0.05, 0.1) is 17.3 Å². The van der Waals surface area contributed by atoms with Gasteiger partial charge in [-0.25, -0.2) is 4.98 Å². The molecule has 0 fully saturated rings. The molecular weight excluding hydrogens is 346 g/mol. The average molecular weight is 360 g/mol. The zero-order valence-electron chi connectivity index (χ0n) is 11.8. The maximum atomic E-state index is 12.4. The molecule has 112 valence electrons. The molecule has 1 unspecified atom stereocenters. The fourth-order valence-corrected chi connectivity index (χ4v) is 2.93. The monoisotopic (exact) mass is 359 g/mol. The van der Waals surface area contributed by atoms with Gasteiger partial charge in [0.2, 0.25) is 0 Å². The highest BCUT2D eigenvalue weighted by molar-refractivity contribution is 9.10. The van der Waals surface area contributed by atoms with Crippen LogP contribution in [-0.2, 0) is 0 Å². The van der Waals surface area contributed by atoms with Gasteiger partial charge in [-0.3, -0.25) is 9.89 Å². The van der Waals surface area contributed by atoms with Crippen LogP contribution in [0.15, 0.2) is 41.1 Å². The summed E-state index contributed by atoms with van der Waals surface area (Å²) in [6.07, 6.45) is 3.25. The molecule has 0 saturated heterocycles. The van der Waals surface area contributed by atoms with Gasteiger partial charge in [0.15, 0.2) is 5.65 Å². The molecule has 0 bridgehead atoms. The molecule has 3 rings (SSSR count). The average Bonchev–Trinajstić information content (AvgIpc) is 2.96. The first kappa shape index (κ1) is 14.7. The molecular formula is C15H14BrN5O. The molecule has 3 aromatic rings. The molecule has 6 nitrogen and oxygen atoms in total. The van der Waals surface area contributed by atoms with Crippen molar-refractivity contribution >= 4 is 38.6 Å². The first-order valence-corrected chi connectivity index (χ1v) is 7.50. The lowest BCUT2D eigenvalue weighted by Gasteiger charge is -2.11. The highest BCUT2D eigenvalue weighted by atomic mass is 79.9. The topological polar surface area (TPSA) is 96.7 Å². The van der Waals surface area contributed by atoms with E-state index in [0.717, 1.165) is 15.4 Å². The van der Waals surface area contributed by atoms with E-state index in [-0.39, 0.29) is 11.9 Å². The highest BCUT2D eigenvalue weighted by Crippen LogP contribution is 2.24. The summed E-state index contributed by atoms with van der Waals surface area (Å²) in [7, 11) is 0. The largest absolute Gasteiger partial charge is 0.324 e. The van der Waals surface area contributed by atoms with Gasteiger partial charge in [0, 0.05) is 22.3 Å². The quantitative estimate of drug-likeness (QED) is 0.669. The standard InChI is InChI=1S/C15H14BrN5O/c1-8(17)10-3-2-9(6-12(10)16)15(22)20-13-4-5-18-14-11(13)7-19-21-14/h2-8H,17H2,1H3,(H2,18,19,20,21,22). The number of hydrogen-bond donors (Lipinski definition) is 3. The zero-order valence-corrected chi connectivity index (χ0v) is 13.4. The lowest BCUT2D eigenvalue weighted by Crippen LogP contribution is -2.13. The third-order valence-corrected chi connectivity index (χ3v) is 4.04. The predicted molar refractivity (Wildman–Crippen MR) is 88.6 cm³/mol. The van der Waals surface area contributed by atoms with E-state index in [1.54, 1.807) is 30.6 Å². The van der Waals surface area contributed by atoms with Gasteiger partial charge in [0.1, 0.15) is 0 Å². The van der Waals surface area contributed by atoms with Crippen LogP contribution in [0.4, 0.5) is 5.69 Å². The second-order valence-electron chi connectivity index (χ2n) is 4.97. The number of aromatic amines is 1. The Morgan fingerprint density at radius 1 is 1.41 bits per heavy atom. The number of benzene rings is 1. The fraction of sp³-hybridized carbons (Fsp3) is 0.133. The van der Waals surface area contributed by atoms with E-state index in [9.17, 15) is 4.79 Å². The molecule has 2 aromatic heterocycles. The van der Waals surface area contributed by atoms with E-state index >= 15 is 0 Å². The number of anilines is 1. The van der Waals surface area contributed by atoms with Gasteiger partial charge in [-0.15, -0.1) is 0 Å². The third-order valence-electron chi connectivity index (χ3n) is 3.36. The molecule has 0 saturated carbocycles. The first-order chi connectivity index (χ1) is 10.6. The Bertz CT molecular complexity index is 843. The molecule has 1 atom stereocenters. The second kappa shape index (κ2) is 5.86. The van der Waals surface area contributed by atoms with E-state index in [0.29, 0.717) is 16.9 Å². The van der Waals surface area contributed by atoms with Crippen LogP contribution in [0, 0.1) is 0 Å². The van der Waals surface area contributed by atoms with Crippen molar-refractivity contribution in [1.29, 1.82) is 0 Å². The molecule has 2 heterocycles. The molecule has 22 heavy (non-hydrogen) atoms. The van der Waals surface area contributed by atoms with Crippen molar-refractivity contribution in [2.75, 3.05) is 5.32 Å². The van der Waals surface area contributed by atoms with Gasteiger partial charge in [-0.05, 0) is 30.7 Å². The molecule has 7 heteroatoms. The highest BCUT2D eigenvalue weighted by Gasteiger charge is 2.12. The lowest BCUT2D eigenvalue weighted by atomic mass is 10.1. The van der Waals surface area contributed by atoms with Crippen LogP contribution >= 0.6 is 15.9 Å². The lowest BCUT2D eigenvalue weighted by molar-refractivity contribution is 0.102. The number of aromatic nitrogens is 3. The van der Waals surface area contributed by atoms with E-state index in [2.05, 4.69) is 36.4 Å². The number of halogens is 1. The van der Waals surface area contributed by atoms with Crippen LogP contribution in [0.25, 0.3) is 11.0 Å². The molecule has 1 amide bonds. The number of nitrogens with one attached hydrogen (secondary N) is 2. The van der Waals surface area contributed by atoms with Crippen molar-refractivity contribution in [2.24, 2.45) is 5.73 Å². The van der Waals surface area contributed by atoms with E-state index < -0.39 is 0 Å². The van der Waals surface area contributed by atoms with Crippen LogP contribution < -0.4 is 11.1 Å². The molecule has 0 spiro atoms. The van der Waals surface area contributed by atoms with Crippen LogP contribution in [0.5, 0.6) is 0 Å². The summed E-state index contributed by atoms with van der Waals surface area (Å²) in [5.41, 5.74) is 8.66. The summed E-state index contributed by atoms with van der Waals surface area (Å²) in [4.78, 5) is 16.5. The molecule has 4 N–H and O–H groups in total. The number of H-pyrrole nitrogens is 1. The minimum atomic E-state index is -0.203. The van der Waals surface area contributed by atoms with Gasteiger partial charge < -0.3 is 11.1 Å². The molecule has 0 aliphatic carbocycles. The number of nitrogens with two attached hydrogens (primary N) is 1. The number of fused-ring (bicyclic) bond motifs is 1. The normalized spacial score (nSPS) is 12.3. The SMILES string of the molecule is CC(N)c1ccc(C(=O)Nc2ccnc3[nH]ncc23)cc1Br. The summed E-state index contributed by atoms with van der Waals surface area (Å²) < 4.78 is 0.818. The fourth-order valence-electron chi connectivity index (χ4n) is 2.19. The van der Waals surface area contributed by atoms with Crippen LogP contribution in [-0.4, -0.2) is 21.1 Å². The van der Waals surface area contributed by atoms with Crippen molar-refractivity contribution in [3.05, 3.63) is 52.3 Å². The number of amides is 1.